The lowest BCUT2D eigenvalue weighted by atomic mass is 9.86. The summed E-state index contributed by atoms with van der Waals surface area (Å²) in [7, 11) is 1.79. The summed E-state index contributed by atoms with van der Waals surface area (Å²) >= 11 is 0. The van der Waals surface area contributed by atoms with Crippen LogP contribution in [0.25, 0.3) is 0 Å². The Bertz CT molecular complexity index is 214. The molecule has 1 saturated carbocycles. The van der Waals surface area contributed by atoms with Gasteiger partial charge in [0.1, 0.15) is 0 Å². The van der Waals surface area contributed by atoms with Crippen molar-refractivity contribution in [3.63, 3.8) is 0 Å². The largest absolute Gasteiger partial charge is 0.383 e. The van der Waals surface area contributed by atoms with Crippen molar-refractivity contribution in [2.75, 3.05) is 26.8 Å². The van der Waals surface area contributed by atoms with Gasteiger partial charge in [-0.1, -0.05) is 77.6 Å². The molecular weight excluding hydrogens is 258 g/mol. The van der Waals surface area contributed by atoms with Gasteiger partial charge in [0.25, 0.3) is 0 Å². The van der Waals surface area contributed by atoms with E-state index >= 15 is 0 Å². The molecule has 1 aliphatic carbocycles. The van der Waals surface area contributed by atoms with E-state index < -0.39 is 0 Å². The number of methoxy groups -OCH3 is 1. The Labute approximate surface area is 133 Å². The molecule has 0 amide bonds. The second-order valence-corrected chi connectivity index (χ2v) is 6.91. The Hall–Kier alpha value is -0.0800. The lowest BCUT2D eigenvalue weighted by Gasteiger charge is -2.24. The van der Waals surface area contributed by atoms with Gasteiger partial charge < -0.3 is 10.1 Å². The highest BCUT2D eigenvalue weighted by Crippen LogP contribution is 2.33. The quantitative estimate of drug-likeness (QED) is 0.447. The zero-order valence-electron chi connectivity index (χ0n) is 14.7. The number of ether oxygens (including phenoxy) is 1. The van der Waals surface area contributed by atoms with Crippen molar-refractivity contribution < 1.29 is 4.74 Å². The van der Waals surface area contributed by atoms with E-state index in [1.165, 1.54) is 83.6 Å². The fourth-order valence-electron chi connectivity index (χ4n) is 3.76. The number of unbranched alkanes of at least 4 members (excludes halogenated alkanes) is 6. The molecule has 2 nitrogen and oxygen atoms in total. The van der Waals surface area contributed by atoms with Crippen LogP contribution in [0.1, 0.15) is 84.0 Å². The minimum atomic E-state index is 0.842. The molecule has 0 saturated heterocycles. The molecule has 0 radical (unpaired) electrons. The number of hydrogen-bond donors (Lipinski definition) is 1. The summed E-state index contributed by atoms with van der Waals surface area (Å²) in [4.78, 5) is 0. The van der Waals surface area contributed by atoms with Crippen molar-refractivity contribution in [2.45, 2.75) is 84.0 Å². The second-order valence-electron chi connectivity index (χ2n) is 6.91. The summed E-state index contributed by atoms with van der Waals surface area (Å²) < 4.78 is 5.13. The molecule has 1 fully saturated rings. The summed E-state index contributed by atoms with van der Waals surface area (Å²) in [5.41, 5.74) is 0. The molecule has 1 unspecified atom stereocenters. The fraction of sp³-hybridized carbons (Fsp3) is 1.00. The molecule has 21 heavy (non-hydrogen) atoms. The monoisotopic (exact) mass is 297 g/mol. The predicted octanol–water partition coefficient (Wildman–Crippen LogP) is 5.17. The topological polar surface area (TPSA) is 21.3 Å². The Balaban J connectivity index is 2.10. The van der Waals surface area contributed by atoms with Gasteiger partial charge in [-0.15, -0.1) is 0 Å². The summed E-state index contributed by atoms with van der Waals surface area (Å²) in [5, 5.41) is 3.61. The van der Waals surface area contributed by atoms with E-state index in [0.717, 1.165) is 25.0 Å². The lowest BCUT2D eigenvalue weighted by Crippen LogP contribution is -2.29. The third-order valence-corrected chi connectivity index (χ3v) is 5.13. The van der Waals surface area contributed by atoms with Crippen LogP contribution in [-0.2, 0) is 4.74 Å². The van der Waals surface area contributed by atoms with Gasteiger partial charge in [0.05, 0.1) is 6.61 Å². The minimum absolute atomic E-state index is 0.842. The molecule has 0 aromatic carbocycles. The minimum Gasteiger partial charge on any atom is -0.383 e. The lowest BCUT2D eigenvalue weighted by molar-refractivity contribution is 0.194. The van der Waals surface area contributed by atoms with Gasteiger partial charge >= 0.3 is 0 Å². The van der Waals surface area contributed by atoms with E-state index in [9.17, 15) is 0 Å². The van der Waals surface area contributed by atoms with Crippen LogP contribution in [0.3, 0.4) is 0 Å². The third kappa shape index (κ3) is 9.52. The van der Waals surface area contributed by atoms with Crippen LogP contribution >= 0.6 is 0 Å². The van der Waals surface area contributed by atoms with Crippen molar-refractivity contribution in [3.8, 4) is 0 Å². The maximum absolute atomic E-state index is 5.13. The smallest absolute Gasteiger partial charge is 0.0587 e. The highest BCUT2D eigenvalue weighted by Gasteiger charge is 2.24. The SMILES string of the molecule is CCCCCCCCCC(CNCCOC)C1CCCC1. The zero-order valence-corrected chi connectivity index (χ0v) is 14.7. The highest BCUT2D eigenvalue weighted by molar-refractivity contribution is 4.77. The predicted molar refractivity (Wildman–Crippen MR) is 92.8 cm³/mol. The molecule has 0 aliphatic heterocycles. The summed E-state index contributed by atoms with van der Waals surface area (Å²) in [6.45, 7) is 5.36. The van der Waals surface area contributed by atoms with Gasteiger partial charge in [-0.05, 0) is 24.8 Å². The molecule has 126 valence electrons. The molecule has 1 rings (SSSR count). The van der Waals surface area contributed by atoms with Crippen LogP contribution in [0.15, 0.2) is 0 Å². The van der Waals surface area contributed by atoms with Crippen molar-refractivity contribution in [2.24, 2.45) is 11.8 Å². The first-order valence-electron chi connectivity index (χ1n) is 9.58. The Morgan fingerprint density at radius 2 is 1.67 bits per heavy atom. The molecule has 2 heteroatoms. The van der Waals surface area contributed by atoms with Crippen LogP contribution in [0.2, 0.25) is 0 Å². The highest BCUT2D eigenvalue weighted by atomic mass is 16.5. The zero-order chi connectivity index (χ0) is 15.2. The molecule has 1 N–H and O–H groups in total. The maximum atomic E-state index is 5.13. The standard InChI is InChI=1S/C19H39NO/c1-3-4-5-6-7-8-9-14-19(17-20-15-16-21-2)18-12-10-11-13-18/h18-20H,3-17H2,1-2H3. The van der Waals surface area contributed by atoms with Crippen molar-refractivity contribution in [1.82, 2.24) is 5.32 Å². The molecule has 0 bridgehead atoms. The Morgan fingerprint density at radius 3 is 2.33 bits per heavy atom. The fourth-order valence-corrected chi connectivity index (χ4v) is 3.76. The van der Waals surface area contributed by atoms with Crippen molar-refractivity contribution >= 4 is 0 Å². The van der Waals surface area contributed by atoms with Crippen LogP contribution in [0, 0.1) is 11.8 Å². The molecule has 0 aromatic heterocycles. The number of nitrogens with one attached hydrogen (secondary N) is 1. The first-order valence-corrected chi connectivity index (χ1v) is 9.58. The average molecular weight is 298 g/mol. The van der Waals surface area contributed by atoms with E-state index in [-0.39, 0.29) is 0 Å². The van der Waals surface area contributed by atoms with Gasteiger partial charge in [0.15, 0.2) is 0 Å². The van der Waals surface area contributed by atoms with E-state index in [1.807, 2.05) is 0 Å². The normalized spacial score (nSPS) is 17.4. The third-order valence-electron chi connectivity index (χ3n) is 5.13. The number of rotatable bonds is 14. The van der Waals surface area contributed by atoms with Crippen LogP contribution in [0.4, 0.5) is 0 Å². The molecule has 1 atom stereocenters. The molecule has 0 heterocycles. The van der Waals surface area contributed by atoms with Gasteiger partial charge in [-0.3, -0.25) is 0 Å². The van der Waals surface area contributed by atoms with Gasteiger partial charge in [-0.2, -0.15) is 0 Å². The summed E-state index contributed by atoms with van der Waals surface area (Å²) in [6, 6.07) is 0. The van der Waals surface area contributed by atoms with Gasteiger partial charge in [-0.25, -0.2) is 0 Å². The van der Waals surface area contributed by atoms with E-state index in [1.54, 1.807) is 7.11 Å². The first-order chi connectivity index (χ1) is 10.4. The summed E-state index contributed by atoms with van der Waals surface area (Å²) in [5.74, 6) is 1.92. The average Bonchev–Trinajstić information content (AvgIpc) is 3.02. The maximum Gasteiger partial charge on any atom is 0.0587 e. The van der Waals surface area contributed by atoms with E-state index in [4.69, 9.17) is 4.74 Å². The number of hydrogen-bond acceptors (Lipinski definition) is 2. The van der Waals surface area contributed by atoms with Crippen molar-refractivity contribution in [3.05, 3.63) is 0 Å². The van der Waals surface area contributed by atoms with E-state index in [0.29, 0.717) is 0 Å². The van der Waals surface area contributed by atoms with Gasteiger partial charge in [0, 0.05) is 13.7 Å². The molecule has 1 aliphatic rings. The summed E-state index contributed by atoms with van der Waals surface area (Å²) in [6.07, 6.45) is 17.4. The van der Waals surface area contributed by atoms with Crippen LogP contribution in [0.5, 0.6) is 0 Å². The molecular formula is C19H39NO. The second kappa shape index (κ2) is 13.6. The Kier molecular flexibility index (Phi) is 12.3. The molecule has 0 aromatic rings. The van der Waals surface area contributed by atoms with Gasteiger partial charge in [0.2, 0.25) is 0 Å². The first kappa shape index (κ1) is 19.0. The van der Waals surface area contributed by atoms with Crippen LogP contribution < -0.4 is 5.32 Å². The molecule has 0 spiro atoms. The van der Waals surface area contributed by atoms with E-state index in [2.05, 4.69) is 12.2 Å². The van der Waals surface area contributed by atoms with Crippen LogP contribution in [-0.4, -0.2) is 26.8 Å². The van der Waals surface area contributed by atoms with Crippen molar-refractivity contribution in [1.29, 1.82) is 0 Å². The Morgan fingerprint density at radius 1 is 1.00 bits per heavy atom.